The lowest BCUT2D eigenvalue weighted by atomic mass is 10.3. The summed E-state index contributed by atoms with van der Waals surface area (Å²) in [7, 11) is -3.62. The number of nitrogens with one attached hydrogen (secondary N) is 1. The molecule has 3 aromatic rings. The Morgan fingerprint density at radius 3 is 2.72 bits per heavy atom. The van der Waals surface area contributed by atoms with Gasteiger partial charge in [-0.25, -0.2) is 13.4 Å². The first-order valence-electron chi connectivity index (χ1n) is 8.98. The molecule has 0 spiro atoms. The second-order valence-corrected chi connectivity index (χ2v) is 9.19. The molecular weight excluding hydrogens is 414 g/mol. The van der Waals surface area contributed by atoms with Crippen molar-refractivity contribution in [3.63, 3.8) is 0 Å². The van der Waals surface area contributed by atoms with Crippen LogP contribution in [0.5, 0.6) is 0 Å². The number of nitrogens with zero attached hydrogens (tertiary/aromatic N) is 2. The van der Waals surface area contributed by atoms with Gasteiger partial charge < -0.3 is 14.5 Å². The minimum atomic E-state index is -3.62. The van der Waals surface area contributed by atoms with E-state index in [2.05, 4.69) is 10.3 Å². The van der Waals surface area contributed by atoms with Crippen molar-refractivity contribution in [2.45, 2.75) is 10.1 Å². The van der Waals surface area contributed by atoms with Crippen molar-refractivity contribution in [3.8, 4) is 0 Å². The summed E-state index contributed by atoms with van der Waals surface area (Å²) in [6.45, 7) is 1.39. The van der Waals surface area contributed by atoms with Gasteiger partial charge in [-0.1, -0.05) is 30.0 Å². The molecule has 2 aromatic carbocycles. The predicted octanol–water partition coefficient (Wildman–Crippen LogP) is 2.58. The Hall–Kier alpha value is -2.40. The van der Waals surface area contributed by atoms with E-state index in [1.54, 1.807) is 12.1 Å². The van der Waals surface area contributed by atoms with Crippen LogP contribution in [-0.2, 0) is 19.6 Å². The minimum Gasteiger partial charge on any atom is -0.431 e. The van der Waals surface area contributed by atoms with E-state index in [0.29, 0.717) is 42.8 Å². The fourth-order valence-corrected chi connectivity index (χ4v) is 5.00. The molecule has 0 radical (unpaired) electrons. The molecule has 1 aromatic heterocycles. The van der Waals surface area contributed by atoms with Crippen molar-refractivity contribution < 1.29 is 22.4 Å². The largest absolute Gasteiger partial charge is 0.431 e. The van der Waals surface area contributed by atoms with Gasteiger partial charge in [-0.15, -0.1) is 0 Å². The molecule has 4 rings (SSSR count). The van der Waals surface area contributed by atoms with E-state index in [4.69, 9.17) is 9.15 Å². The van der Waals surface area contributed by atoms with Crippen LogP contribution in [0.4, 0.5) is 5.69 Å². The van der Waals surface area contributed by atoms with Crippen molar-refractivity contribution in [1.82, 2.24) is 9.29 Å². The molecule has 1 fully saturated rings. The van der Waals surface area contributed by atoms with E-state index < -0.39 is 10.0 Å². The highest BCUT2D eigenvalue weighted by Crippen LogP contribution is 2.24. The molecule has 0 unspecified atom stereocenters. The van der Waals surface area contributed by atoms with Crippen LogP contribution in [0.3, 0.4) is 0 Å². The Balaban J connectivity index is 1.40. The highest BCUT2D eigenvalue weighted by atomic mass is 32.2. The number of carbonyl (C=O) groups is 1. The van der Waals surface area contributed by atoms with Gasteiger partial charge in [0.2, 0.25) is 15.9 Å². The molecule has 29 heavy (non-hydrogen) atoms. The molecule has 0 saturated carbocycles. The third-order valence-electron chi connectivity index (χ3n) is 4.33. The number of para-hydroxylation sites is 2. The molecule has 0 atom stereocenters. The van der Waals surface area contributed by atoms with Gasteiger partial charge in [-0.05, 0) is 30.3 Å². The zero-order valence-electron chi connectivity index (χ0n) is 15.4. The summed E-state index contributed by atoms with van der Waals surface area (Å²) in [5, 5.41) is 3.13. The van der Waals surface area contributed by atoms with Gasteiger partial charge in [-0.2, -0.15) is 4.31 Å². The lowest BCUT2D eigenvalue weighted by molar-refractivity contribution is -0.113. The molecule has 1 saturated heterocycles. The second kappa shape index (κ2) is 8.54. The average molecular weight is 434 g/mol. The van der Waals surface area contributed by atoms with Crippen LogP contribution in [0.1, 0.15) is 0 Å². The lowest BCUT2D eigenvalue weighted by Crippen LogP contribution is -2.40. The maximum atomic E-state index is 12.8. The molecule has 0 aliphatic carbocycles. The molecule has 8 nitrogen and oxygen atoms in total. The topological polar surface area (TPSA) is 102 Å². The third-order valence-corrected chi connectivity index (χ3v) is 7.05. The fraction of sp³-hybridized carbons (Fsp3) is 0.263. The summed E-state index contributed by atoms with van der Waals surface area (Å²) in [5.74, 6) is -0.189. The first kappa shape index (κ1) is 19.9. The maximum Gasteiger partial charge on any atom is 0.257 e. The number of sulfonamides is 1. The van der Waals surface area contributed by atoms with E-state index in [1.807, 2.05) is 24.3 Å². The van der Waals surface area contributed by atoms with E-state index in [1.165, 1.54) is 28.2 Å². The Morgan fingerprint density at radius 1 is 1.14 bits per heavy atom. The van der Waals surface area contributed by atoms with Crippen molar-refractivity contribution >= 4 is 44.5 Å². The monoisotopic (exact) mass is 433 g/mol. The van der Waals surface area contributed by atoms with Crippen molar-refractivity contribution in [2.75, 3.05) is 37.4 Å². The molecule has 0 bridgehead atoms. The van der Waals surface area contributed by atoms with Gasteiger partial charge in [0.25, 0.3) is 5.22 Å². The smallest absolute Gasteiger partial charge is 0.257 e. The van der Waals surface area contributed by atoms with Crippen molar-refractivity contribution in [3.05, 3.63) is 48.5 Å². The number of morpholine rings is 1. The molecule has 2 heterocycles. The average Bonchev–Trinajstić information content (AvgIpc) is 3.16. The van der Waals surface area contributed by atoms with Gasteiger partial charge in [0.15, 0.2) is 5.58 Å². The number of amides is 1. The number of ether oxygens (including phenoxy) is 1. The maximum absolute atomic E-state index is 12.8. The van der Waals surface area contributed by atoms with E-state index in [0.717, 1.165) is 5.52 Å². The van der Waals surface area contributed by atoms with E-state index in [9.17, 15) is 13.2 Å². The van der Waals surface area contributed by atoms with Crippen LogP contribution in [0.2, 0.25) is 0 Å². The quantitative estimate of drug-likeness (QED) is 0.596. The third kappa shape index (κ3) is 4.61. The summed E-state index contributed by atoms with van der Waals surface area (Å²) in [5.41, 5.74) is 1.82. The summed E-state index contributed by atoms with van der Waals surface area (Å²) < 4.78 is 37.7. The number of hydrogen-bond donors (Lipinski definition) is 1. The summed E-state index contributed by atoms with van der Waals surface area (Å²) >= 11 is 1.18. The van der Waals surface area contributed by atoms with Crippen LogP contribution in [0.25, 0.3) is 11.1 Å². The molecule has 1 aliphatic rings. The Bertz CT molecular complexity index is 1090. The molecule has 1 N–H and O–H groups in total. The number of benzene rings is 2. The van der Waals surface area contributed by atoms with E-state index >= 15 is 0 Å². The molecule has 1 amide bonds. The number of aromatic nitrogens is 1. The SMILES string of the molecule is O=C(CSc1nc2ccccc2o1)Nc1cccc(S(=O)(=O)N2CCOCC2)c1. The van der Waals surface area contributed by atoms with Gasteiger partial charge >= 0.3 is 0 Å². The Morgan fingerprint density at radius 2 is 1.93 bits per heavy atom. The standard InChI is InChI=1S/C19H19N3O5S2/c23-18(13-28-19-21-16-6-1-2-7-17(16)27-19)20-14-4-3-5-15(12-14)29(24,25)22-8-10-26-11-9-22/h1-7,12H,8-11,13H2,(H,20,23). The van der Waals surface area contributed by atoms with Crippen LogP contribution in [-0.4, -0.2) is 55.7 Å². The second-order valence-electron chi connectivity index (χ2n) is 6.33. The zero-order chi connectivity index (χ0) is 20.3. The van der Waals surface area contributed by atoms with Gasteiger partial charge in [-0.3, -0.25) is 4.79 Å². The Kier molecular flexibility index (Phi) is 5.86. The summed E-state index contributed by atoms with van der Waals surface area (Å²) in [4.78, 5) is 16.7. The van der Waals surface area contributed by atoms with Gasteiger partial charge in [0.05, 0.1) is 23.9 Å². The highest BCUT2D eigenvalue weighted by Gasteiger charge is 2.26. The summed E-state index contributed by atoms with van der Waals surface area (Å²) in [6, 6.07) is 13.6. The predicted molar refractivity (Wildman–Crippen MR) is 109 cm³/mol. The van der Waals surface area contributed by atoms with Crippen molar-refractivity contribution in [2.24, 2.45) is 0 Å². The molecule has 10 heteroatoms. The number of anilines is 1. The first-order chi connectivity index (χ1) is 14.0. The molecule has 1 aliphatic heterocycles. The number of oxazole rings is 1. The minimum absolute atomic E-state index is 0.0905. The summed E-state index contributed by atoms with van der Waals surface area (Å²) in [6.07, 6.45) is 0. The number of hydrogen-bond acceptors (Lipinski definition) is 7. The lowest BCUT2D eigenvalue weighted by Gasteiger charge is -2.26. The Labute approximate surface area is 172 Å². The molecular formula is C19H19N3O5S2. The van der Waals surface area contributed by atoms with Crippen LogP contribution in [0.15, 0.2) is 63.1 Å². The normalized spacial score (nSPS) is 15.4. The highest BCUT2D eigenvalue weighted by molar-refractivity contribution is 7.99. The number of carbonyl (C=O) groups excluding carboxylic acids is 1. The molecule has 152 valence electrons. The fourth-order valence-electron chi connectivity index (χ4n) is 2.91. The number of fused-ring (bicyclic) bond motifs is 1. The van der Waals surface area contributed by atoms with Crippen LogP contribution in [0, 0.1) is 0 Å². The number of thioether (sulfide) groups is 1. The van der Waals surface area contributed by atoms with Crippen LogP contribution < -0.4 is 5.32 Å². The van der Waals surface area contributed by atoms with Crippen molar-refractivity contribution in [1.29, 1.82) is 0 Å². The first-order valence-corrected chi connectivity index (χ1v) is 11.4. The van der Waals surface area contributed by atoms with Crippen LogP contribution >= 0.6 is 11.8 Å². The van der Waals surface area contributed by atoms with Gasteiger partial charge in [0.1, 0.15) is 5.52 Å². The number of rotatable bonds is 6. The zero-order valence-corrected chi connectivity index (χ0v) is 17.0. The van der Waals surface area contributed by atoms with E-state index in [-0.39, 0.29) is 16.6 Å². The van der Waals surface area contributed by atoms with Gasteiger partial charge in [0, 0.05) is 18.8 Å².